The molecule has 1 fully saturated rings. The van der Waals surface area contributed by atoms with Gasteiger partial charge in [0.15, 0.2) is 6.04 Å². The van der Waals surface area contributed by atoms with E-state index in [2.05, 4.69) is 15.5 Å². The molecule has 1 saturated heterocycles. The zero-order chi connectivity index (χ0) is 12.8. The fraction of sp³-hybridized carbons (Fsp3) is 0.800. The first kappa shape index (κ1) is 13.7. The predicted molar refractivity (Wildman–Crippen MR) is 60.7 cm³/mol. The van der Waals surface area contributed by atoms with Gasteiger partial charge in [0.1, 0.15) is 0 Å². The Morgan fingerprint density at radius 2 is 2.00 bits per heavy atom. The average Bonchev–Trinajstić information content (AvgIpc) is 2.28. The molecule has 7 heteroatoms. The van der Waals surface area contributed by atoms with Crippen LogP contribution >= 0.6 is 0 Å². The van der Waals surface area contributed by atoms with Gasteiger partial charge in [-0.1, -0.05) is 0 Å². The summed E-state index contributed by atoms with van der Waals surface area (Å²) < 4.78 is 0. The lowest BCUT2D eigenvalue weighted by molar-refractivity contribution is -0.140. The predicted octanol–water partition coefficient (Wildman–Crippen LogP) is -1.17. The van der Waals surface area contributed by atoms with E-state index < -0.39 is 24.6 Å². The summed E-state index contributed by atoms with van der Waals surface area (Å²) in [6.45, 7) is 1.21. The van der Waals surface area contributed by atoms with Gasteiger partial charge < -0.3 is 25.7 Å². The number of hydrogen-bond acceptors (Lipinski definition) is 4. The molecular weight excluding hydrogens is 226 g/mol. The van der Waals surface area contributed by atoms with Crippen molar-refractivity contribution in [1.29, 1.82) is 0 Å². The average molecular weight is 245 g/mol. The second kappa shape index (κ2) is 6.41. The Labute approximate surface area is 99.8 Å². The maximum absolute atomic E-state index is 11.5. The highest BCUT2D eigenvalue weighted by Crippen LogP contribution is 2.07. The standard InChI is InChI=1S/C10H19N3O4/c1-13-4-2-7(3-5-13)11-10(17)12-8(6-14)9(15)16/h7-8,14H,2-6H2,1H3,(H,15,16)(H2,11,12,17)/t8-/m0/s1. The highest BCUT2D eigenvalue weighted by molar-refractivity contribution is 5.82. The molecule has 0 aliphatic carbocycles. The molecule has 1 atom stereocenters. The van der Waals surface area contributed by atoms with Crippen molar-refractivity contribution in [2.24, 2.45) is 0 Å². The number of amides is 2. The molecule has 17 heavy (non-hydrogen) atoms. The van der Waals surface area contributed by atoms with E-state index in [-0.39, 0.29) is 6.04 Å². The topological polar surface area (TPSA) is 102 Å². The summed E-state index contributed by atoms with van der Waals surface area (Å²) in [5.74, 6) is -1.24. The second-order valence-corrected chi connectivity index (χ2v) is 4.27. The van der Waals surface area contributed by atoms with Crippen LogP contribution < -0.4 is 10.6 Å². The highest BCUT2D eigenvalue weighted by Gasteiger charge is 2.22. The zero-order valence-corrected chi connectivity index (χ0v) is 9.85. The molecule has 0 unspecified atom stereocenters. The van der Waals surface area contributed by atoms with Crippen molar-refractivity contribution >= 4 is 12.0 Å². The molecule has 1 heterocycles. The maximum Gasteiger partial charge on any atom is 0.328 e. The lowest BCUT2D eigenvalue weighted by Crippen LogP contribution is -2.52. The fourth-order valence-corrected chi connectivity index (χ4v) is 1.72. The number of rotatable bonds is 4. The summed E-state index contributed by atoms with van der Waals surface area (Å²) in [7, 11) is 2.02. The number of nitrogens with zero attached hydrogens (tertiary/aromatic N) is 1. The molecule has 0 aromatic rings. The molecule has 7 nitrogen and oxygen atoms in total. The smallest absolute Gasteiger partial charge is 0.328 e. The number of piperidine rings is 1. The Bertz CT molecular complexity index is 277. The third-order valence-electron chi connectivity index (χ3n) is 2.84. The van der Waals surface area contributed by atoms with Crippen molar-refractivity contribution in [3.8, 4) is 0 Å². The van der Waals surface area contributed by atoms with E-state index in [1.165, 1.54) is 0 Å². The highest BCUT2D eigenvalue weighted by atomic mass is 16.4. The van der Waals surface area contributed by atoms with Crippen LogP contribution in [0.5, 0.6) is 0 Å². The molecule has 1 aliphatic rings. The number of aliphatic carboxylic acids is 1. The van der Waals surface area contributed by atoms with E-state index in [9.17, 15) is 9.59 Å². The summed E-state index contributed by atoms with van der Waals surface area (Å²) >= 11 is 0. The molecule has 1 aliphatic heterocycles. The van der Waals surface area contributed by atoms with Crippen molar-refractivity contribution in [2.45, 2.75) is 24.9 Å². The third-order valence-corrected chi connectivity index (χ3v) is 2.84. The first-order valence-electron chi connectivity index (χ1n) is 5.62. The molecule has 0 bridgehead atoms. The number of carbonyl (C=O) groups excluding carboxylic acids is 1. The molecule has 4 N–H and O–H groups in total. The van der Waals surface area contributed by atoms with Gasteiger partial charge in [-0.15, -0.1) is 0 Å². The number of carbonyl (C=O) groups is 2. The Kier molecular flexibility index (Phi) is 5.17. The lowest BCUT2D eigenvalue weighted by atomic mass is 10.1. The zero-order valence-electron chi connectivity index (χ0n) is 9.85. The number of carboxylic acid groups (broad SMARTS) is 1. The van der Waals surface area contributed by atoms with Crippen molar-refractivity contribution in [3.63, 3.8) is 0 Å². The van der Waals surface area contributed by atoms with Crippen molar-refractivity contribution in [3.05, 3.63) is 0 Å². The van der Waals surface area contributed by atoms with Crippen LogP contribution in [0.2, 0.25) is 0 Å². The normalized spacial score (nSPS) is 19.6. The Hall–Kier alpha value is -1.34. The van der Waals surface area contributed by atoms with E-state index >= 15 is 0 Å². The maximum atomic E-state index is 11.5. The van der Waals surface area contributed by atoms with E-state index in [1.54, 1.807) is 0 Å². The van der Waals surface area contributed by atoms with E-state index in [1.807, 2.05) is 7.05 Å². The summed E-state index contributed by atoms with van der Waals surface area (Å²) in [5.41, 5.74) is 0. The molecule has 0 saturated carbocycles. The van der Waals surface area contributed by atoms with Gasteiger partial charge >= 0.3 is 12.0 Å². The minimum absolute atomic E-state index is 0.0688. The van der Waals surface area contributed by atoms with Crippen LogP contribution in [0.4, 0.5) is 4.79 Å². The van der Waals surface area contributed by atoms with E-state index in [0.717, 1.165) is 25.9 Å². The van der Waals surface area contributed by atoms with E-state index in [4.69, 9.17) is 10.2 Å². The van der Waals surface area contributed by atoms with Gasteiger partial charge in [-0.2, -0.15) is 0 Å². The summed E-state index contributed by atoms with van der Waals surface area (Å²) in [4.78, 5) is 24.2. The molecule has 2 amide bonds. The lowest BCUT2D eigenvalue weighted by Gasteiger charge is -2.29. The van der Waals surface area contributed by atoms with Crippen LogP contribution in [-0.2, 0) is 4.79 Å². The summed E-state index contributed by atoms with van der Waals surface area (Å²) in [6.07, 6.45) is 1.70. The fourth-order valence-electron chi connectivity index (χ4n) is 1.72. The van der Waals surface area contributed by atoms with Crippen LogP contribution in [-0.4, -0.2) is 65.9 Å². The second-order valence-electron chi connectivity index (χ2n) is 4.27. The largest absolute Gasteiger partial charge is 0.480 e. The molecule has 98 valence electrons. The molecule has 0 spiro atoms. The molecule has 0 radical (unpaired) electrons. The van der Waals surface area contributed by atoms with Crippen molar-refractivity contribution < 1.29 is 19.8 Å². The van der Waals surface area contributed by atoms with Gasteiger partial charge in [0, 0.05) is 6.04 Å². The van der Waals surface area contributed by atoms with Crippen LogP contribution in [0.1, 0.15) is 12.8 Å². The number of carboxylic acids is 1. The van der Waals surface area contributed by atoms with Gasteiger partial charge in [-0.3, -0.25) is 0 Å². The van der Waals surface area contributed by atoms with Gasteiger partial charge in [-0.05, 0) is 33.0 Å². The third kappa shape index (κ3) is 4.58. The van der Waals surface area contributed by atoms with Gasteiger partial charge in [0.25, 0.3) is 0 Å². The number of aliphatic hydroxyl groups is 1. The van der Waals surface area contributed by atoms with Crippen LogP contribution in [0.3, 0.4) is 0 Å². The molecular formula is C10H19N3O4. The summed E-state index contributed by atoms with van der Waals surface area (Å²) in [6, 6.07) is -1.72. The van der Waals surface area contributed by atoms with Crippen LogP contribution in [0, 0.1) is 0 Å². The first-order valence-corrected chi connectivity index (χ1v) is 5.62. The van der Waals surface area contributed by atoms with Crippen molar-refractivity contribution in [2.75, 3.05) is 26.7 Å². The molecule has 0 aromatic heterocycles. The van der Waals surface area contributed by atoms with Crippen LogP contribution in [0.25, 0.3) is 0 Å². The van der Waals surface area contributed by atoms with Crippen LogP contribution in [0.15, 0.2) is 0 Å². The Morgan fingerprint density at radius 1 is 1.41 bits per heavy atom. The van der Waals surface area contributed by atoms with Crippen molar-refractivity contribution in [1.82, 2.24) is 15.5 Å². The minimum Gasteiger partial charge on any atom is -0.480 e. The summed E-state index contributed by atoms with van der Waals surface area (Å²) in [5, 5.41) is 22.3. The molecule has 1 rings (SSSR count). The minimum atomic E-state index is -1.25. The quantitative estimate of drug-likeness (QED) is 0.499. The number of hydrogen-bond donors (Lipinski definition) is 4. The number of aliphatic hydroxyl groups excluding tert-OH is 1. The Morgan fingerprint density at radius 3 is 2.47 bits per heavy atom. The van der Waals surface area contributed by atoms with Gasteiger partial charge in [0.2, 0.25) is 0 Å². The number of urea groups is 1. The van der Waals surface area contributed by atoms with Gasteiger partial charge in [-0.25, -0.2) is 9.59 Å². The number of likely N-dealkylation sites (tertiary alicyclic amines) is 1. The SMILES string of the molecule is CN1CCC(NC(=O)N[C@@H](CO)C(=O)O)CC1. The monoisotopic (exact) mass is 245 g/mol. The number of nitrogens with one attached hydrogen (secondary N) is 2. The molecule has 0 aromatic carbocycles. The first-order chi connectivity index (χ1) is 8.02. The van der Waals surface area contributed by atoms with Gasteiger partial charge in [0.05, 0.1) is 6.61 Å². The van der Waals surface area contributed by atoms with E-state index in [0.29, 0.717) is 0 Å². The Balaban J connectivity index is 2.31.